The molecule has 1 aliphatic rings. The molecular weight excluding hydrogens is 829 g/mol. The Hall–Kier alpha value is -2.99. The fourth-order valence-electron chi connectivity index (χ4n) is 9.54. The quantitative estimate of drug-likeness (QED) is 0.0667. The van der Waals surface area contributed by atoms with E-state index in [4.69, 9.17) is 18.9 Å². The number of allylic oxidation sites excluding steroid dienone is 1. The molecule has 0 heterocycles. The highest BCUT2D eigenvalue weighted by atomic mass is 16.5. The van der Waals surface area contributed by atoms with E-state index >= 15 is 0 Å². The van der Waals surface area contributed by atoms with Crippen LogP contribution in [0.4, 0.5) is 0 Å². The zero-order chi connectivity index (χ0) is 47.9. The highest BCUT2D eigenvalue weighted by Gasteiger charge is 2.42. The minimum atomic E-state index is -1.52. The Kier molecular flexibility index (Phi) is 33.8. The van der Waals surface area contributed by atoms with Crippen LogP contribution in [0.1, 0.15) is 276 Å². The number of rotatable bonds is 46. The van der Waals surface area contributed by atoms with Gasteiger partial charge in [-0.25, -0.2) is 0 Å². The van der Waals surface area contributed by atoms with Gasteiger partial charge in [0, 0.05) is 6.42 Å². The van der Waals surface area contributed by atoms with Gasteiger partial charge in [0.2, 0.25) is 0 Å². The molecule has 1 aliphatic carbocycles. The summed E-state index contributed by atoms with van der Waals surface area (Å²) >= 11 is 0. The largest absolute Gasteiger partial charge is 0.490 e. The van der Waals surface area contributed by atoms with E-state index in [-0.39, 0.29) is 12.2 Å². The predicted octanol–water partition coefficient (Wildman–Crippen LogP) is 18.6. The molecule has 1 atom stereocenters. The van der Waals surface area contributed by atoms with Crippen molar-refractivity contribution in [1.82, 2.24) is 0 Å². The Morgan fingerprint density at radius 2 is 0.687 bits per heavy atom. The summed E-state index contributed by atoms with van der Waals surface area (Å²) < 4.78 is 25.8. The molecule has 2 aromatic rings. The molecule has 0 radical (unpaired) electrons. The molecule has 3 rings (SSSR count). The lowest BCUT2D eigenvalue weighted by Crippen LogP contribution is -2.25. The van der Waals surface area contributed by atoms with Crippen LogP contribution in [-0.2, 0) is 10.4 Å². The normalized spacial score (nSPS) is 14.8. The maximum Gasteiger partial charge on any atom is 0.161 e. The average molecular weight is 931 g/mol. The molecule has 67 heavy (non-hydrogen) atoms. The number of carbonyl (C=O) groups is 1. The van der Waals surface area contributed by atoms with Crippen LogP contribution in [0, 0.1) is 0 Å². The van der Waals surface area contributed by atoms with E-state index in [1.54, 1.807) is 6.08 Å². The van der Waals surface area contributed by atoms with E-state index in [1.807, 2.05) is 36.4 Å². The number of aliphatic hydroxyl groups is 1. The summed E-state index contributed by atoms with van der Waals surface area (Å²) in [6, 6.07) is 11.7. The van der Waals surface area contributed by atoms with Crippen molar-refractivity contribution in [2.24, 2.45) is 0 Å². The average Bonchev–Trinajstić information content (AvgIpc) is 3.65. The third-order valence-corrected chi connectivity index (χ3v) is 13.9. The summed E-state index contributed by atoms with van der Waals surface area (Å²) in [5, 5.41) is 12.6. The number of hydrogen-bond acceptors (Lipinski definition) is 6. The van der Waals surface area contributed by atoms with E-state index in [0.717, 1.165) is 62.7 Å². The van der Waals surface area contributed by atoms with Crippen LogP contribution in [0.15, 0.2) is 42.5 Å². The molecule has 1 unspecified atom stereocenters. The van der Waals surface area contributed by atoms with Crippen molar-refractivity contribution in [2.45, 2.75) is 271 Å². The molecule has 6 heteroatoms. The second kappa shape index (κ2) is 38.8. The molecule has 2 aromatic carbocycles. The molecule has 1 N–H and O–H groups in total. The standard InChI is InChI=1S/C61H102O6/c1-5-9-13-17-21-25-29-33-37-45-64-57-43-41-53(49-59(57)66-47-39-35-31-27-23-19-15-11-7-3)56-51-55(62)52-61(56,63)54-42-44-58(65-46-38-34-30-26-22-18-14-10-6-2)60(50-54)67-48-40-36-32-28-24-20-16-12-8-4/h41-44,49-51,63H,5-40,45-48,52H2,1-4H3. The Balaban J connectivity index is 1.72. The van der Waals surface area contributed by atoms with Gasteiger partial charge in [0.1, 0.15) is 5.60 Å². The fourth-order valence-corrected chi connectivity index (χ4v) is 9.54. The number of benzene rings is 2. The monoisotopic (exact) mass is 931 g/mol. The second-order valence-corrected chi connectivity index (χ2v) is 20.1. The van der Waals surface area contributed by atoms with Crippen LogP contribution in [0.5, 0.6) is 23.0 Å². The van der Waals surface area contributed by atoms with Crippen molar-refractivity contribution in [1.29, 1.82) is 0 Å². The number of unbranched alkanes of at least 4 members (excludes halogenated alkanes) is 32. The van der Waals surface area contributed by atoms with Crippen LogP contribution >= 0.6 is 0 Å². The van der Waals surface area contributed by atoms with Gasteiger partial charge in [0.25, 0.3) is 0 Å². The van der Waals surface area contributed by atoms with Crippen LogP contribution in [0.3, 0.4) is 0 Å². The SMILES string of the molecule is CCCCCCCCCCCOc1ccc(C2=CC(=O)CC2(O)c2ccc(OCCCCCCCCCCC)c(OCCCCCCCCCCC)c2)cc1OCCCCCCCCCCC. The molecule has 382 valence electrons. The van der Waals surface area contributed by atoms with E-state index in [1.165, 1.54) is 180 Å². The van der Waals surface area contributed by atoms with E-state index < -0.39 is 5.60 Å². The molecule has 0 aliphatic heterocycles. The smallest absolute Gasteiger partial charge is 0.161 e. The summed E-state index contributed by atoms with van der Waals surface area (Å²) in [4.78, 5) is 13.3. The third kappa shape index (κ3) is 25.4. The van der Waals surface area contributed by atoms with Crippen molar-refractivity contribution in [3.8, 4) is 23.0 Å². The maximum atomic E-state index is 13.3. The molecule has 0 spiro atoms. The third-order valence-electron chi connectivity index (χ3n) is 13.9. The van der Waals surface area contributed by atoms with E-state index in [0.29, 0.717) is 54.8 Å². The first kappa shape index (κ1) is 58.3. The van der Waals surface area contributed by atoms with Gasteiger partial charge in [-0.1, -0.05) is 245 Å². The summed E-state index contributed by atoms with van der Waals surface area (Å²) in [5.41, 5.74) is 0.485. The van der Waals surface area contributed by atoms with Gasteiger partial charge in [-0.15, -0.1) is 0 Å². The first-order valence-electron chi connectivity index (χ1n) is 28.7. The van der Waals surface area contributed by atoms with Gasteiger partial charge >= 0.3 is 0 Å². The Bertz CT molecular complexity index is 1550. The van der Waals surface area contributed by atoms with Crippen LogP contribution < -0.4 is 18.9 Å². The second-order valence-electron chi connectivity index (χ2n) is 20.1. The predicted molar refractivity (Wildman–Crippen MR) is 285 cm³/mol. The highest BCUT2D eigenvalue weighted by molar-refractivity contribution is 6.05. The lowest BCUT2D eigenvalue weighted by atomic mass is 9.83. The highest BCUT2D eigenvalue weighted by Crippen LogP contribution is 2.47. The molecule has 0 fully saturated rings. The Labute approximate surface area is 412 Å². The Morgan fingerprint density at radius 3 is 1.04 bits per heavy atom. The molecule has 0 aromatic heterocycles. The maximum absolute atomic E-state index is 13.3. The number of carbonyl (C=O) groups excluding carboxylic acids is 1. The number of ether oxygens (including phenoxy) is 4. The first-order chi connectivity index (χ1) is 33.0. The molecule has 0 saturated carbocycles. The minimum Gasteiger partial charge on any atom is -0.490 e. The minimum absolute atomic E-state index is 0.0236. The van der Waals surface area contributed by atoms with Gasteiger partial charge in [-0.3, -0.25) is 4.79 Å². The van der Waals surface area contributed by atoms with Crippen LogP contribution in [0.2, 0.25) is 0 Å². The summed E-state index contributed by atoms with van der Waals surface area (Å²) in [6.07, 6.45) is 46.8. The number of ketones is 1. The molecule has 0 bridgehead atoms. The van der Waals surface area contributed by atoms with Gasteiger partial charge in [0.15, 0.2) is 28.8 Å². The van der Waals surface area contributed by atoms with E-state index in [2.05, 4.69) is 27.7 Å². The molecule has 6 nitrogen and oxygen atoms in total. The van der Waals surface area contributed by atoms with Crippen LogP contribution in [-0.4, -0.2) is 37.3 Å². The number of hydrogen-bond donors (Lipinski definition) is 1. The summed E-state index contributed by atoms with van der Waals surface area (Å²) in [6.45, 7) is 11.6. The lowest BCUT2D eigenvalue weighted by molar-refractivity contribution is -0.116. The summed E-state index contributed by atoms with van der Waals surface area (Å²) in [7, 11) is 0. The van der Waals surface area contributed by atoms with Crippen molar-refractivity contribution < 1.29 is 28.8 Å². The fraction of sp³-hybridized carbons (Fsp3) is 0.754. The van der Waals surface area contributed by atoms with Gasteiger partial charge in [-0.05, 0) is 72.7 Å². The van der Waals surface area contributed by atoms with Crippen molar-refractivity contribution >= 4 is 11.4 Å². The van der Waals surface area contributed by atoms with Crippen molar-refractivity contribution in [3.63, 3.8) is 0 Å². The van der Waals surface area contributed by atoms with Crippen molar-refractivity contribution in [3.05, 3.63) is 53.6 Å². The zero-order valence-corrected chi connectivity index (χ0v) is 44.0. The lowest BCUT2D eigenvalue weighted by Gasteiger charge is -2.28. The van der Waals surface area contributed by atoms with Crippen LogP contribution in [0.25, 0.3) is 5.57 Å². The van der Waals surface area contributed by atoms with Gasteiger partial charge < -0.3 is 24.1 Å². The summed E-state index contributed by atoms with van der Waals surface area (Å²) in [5.74, 6) is 2.67. The topological polar surface area (TPSA) is 74.2 Å². The zero-order valence-electron chi connectivity index (χ0n) is 44.0. The van der Waals surface area contributed by atoms with Crippen molar-refractivity contribution in [2.75, 3.05) is 26.4 Å². The molecular formula is C61H102O6. The van der Waals surface area contributed by atoms with E-state index in [9.17, 15) is 9.90 Å². The first-order valence-corrected chi connectivity index (χ1v) is 28.7. The molecule has 0 saturated heterocycles. The Morgan fingerprint density at radius 1 is 0.388 bits per heavy atom. The molecule has 0 amide bonds. The van der Waals surface area contributed by atoms with Gasteiger partial charge in [-0.2, -0.15) is 0 Å². The van der Waals surface area contributed by atoms with Gasteiger partial charge in [0.05, 0.1) is 26.4 Å².